The Morgan fingerprint density at radius 3 is 2.61 bits per heavy atom. The van der Waals surface area contributed by atoms with E-state index in [2.05, 4.69) is 17.4 Å². The van der Waals surface area contributed by atoms with Gasteiger partial charge in [0.15, 0.2) is 0 Å². The van der Waals surface area contributed by atoms with Crippen molar-refractivity contribution in [1.82, 2.24) is 10.2 Å². The molecular formula is C21H31N3O4. The highest BCUT2D eigenvalue weighted by molar-refractivity contribution is 5.85. The molecule has 0 aliphatic carbocycles. The van der Waals surface area contributed by atoms with Crippen molar-refractivity contribution in [2.45, 2.75) is 51.0 Å². The van der Waals surface area contributed by atoms with Crippen LogP contribution in [0.25, 0.3) is 0 Å². The summed E-state index contributed by atoms with van der Waals surface area (Å²) in [6.07, 6.45) is 3.94. The number of unbranched alkanes of at least 4 members (excludes halogenated alkanes) is 1. The Morgan fingerprint density at radius 1 is 1.18 bits per heavy atom. The van der Waals surface area contributed by atoms with Crippen LogP contribution < -0.4 is 11.1 Å². The van der Waals surface area contributed by atoms with Crippen molar-refractivity contribution >= 4 is 17.8 Å². The Kier molecular flexibility index (Phi) is 8.94. The van der Waals surface area contributed by atoms with Crippen molar-refractivity contribution in [2.24, 2.45) is 11.7 Å². The molecule has 0 bridgehead atoms. The summed E-state index contributed by atoms with van der Waals surface area (Å²) < 4.78 is 0. The summed E-state index contributed by atoms with van der Waals surface area (Å²) in [4.78, 5) is 37.5. The Bertz CT molecular complexity index is 650. The lowest BCUT2D eigenvalue weighted by atomic mass is 10.0. The molecule has 0 aromatic heterocycles. The number of carbonyl (C=O) groups excluding carboxylic acids is 2. The van der Waals surface area contributed by atoms with Crippen LogP contribution in [0.4, 0.5) is 0 Å². The maximum Gasteiger partial charge on any atom is 0.304 e. The lowest BCUT2D eigenvalue weighted by molar-refractivity contribution is -0.142. The van der Waals surface area contributed by atoms with E-state index >= 15 is 0 Å². The van der Waals surface area contributed by atoms with Crippen LogP contribution >= 0.6 is 0 Å². The molecule has 2 atom stereocenters. The lowest BCUT2D eigenvalue weighted by Crippen LogP contribution is -2.42. The number of hydrogen-bond donors (Lipinski definition) is 3. The summed E-state index contributed by atoms with van der Waals surface area (Å²) in [6.45, 7) is 1.50. The quantitative estimate of drug-likeness (QED) is 0.470. The molecule has 1 heterocycles. The van der Waals surface area contributed by atoms with Crippen molar-refractivity contribution in [3.05, 3.63) is 35.9 Å². The van der Waals surface area contributed by atoms with Crippen LogP contribution in [-0.2, 0) is 20.8 Å². The van der Waals surface area contributed by atoms with Gasteiger partial charge >= 0.3 is 5.97 Å². The molecule has 0 radical (unpaired) electrons. The smallest absolute Gasteiger partial charge is 0.304 e. The fourth-order valence-corrected chi connectivity index (χ4v) is 3.69. The lowest BCUT2D eigenvalue weighted by Gasteiger charge is -2.25. The van der Waals surface area contributed by atoms with Crippen LogP contribution in [-0.4, -0.2) is 53.5 Å². The third-order valence-electron chi connectivity index (χ3n) is 5.15. The zero-order valence-corrected chi connectivity index (χ0v) is 16.3. The highest BCUT2D eigenvalue weighted by Crippen LogP contribution is 2.27. The molecule has 2 rings (SSSR count). The van der Waals surface area contributed by atoms with Crippen molar-refractivity contribution < 1.29 is 19.5 Å². The van der Waals surface area contributed by atoms with E-state index in [0.717, 1.165) is 25.7 Å². The van der Waals surface area contributed by atoms with Gasteiger partial charge in [-0.3, -0.25) is 14.4 Å². The summed E-state index contributed by atoms with van der Waals surface area (Å²) >= 11 is 0. The van der Waals surface area contributed by atoms with Crippen molar-refractivity contribution in [3.8, 4) is 0 Å². The molecule has 0 unspecified atom stereocenters. The molecule has 1 aromatic carbocycles. The van der Waals surface area contributed by atoms with Gasteiger partial charge in [-0.2, -0.15) is 0 Å². The average Bonchev–Trinajstić information content (AvgIpc) is 2.96. The summed E-state index contributed by atoms with van der Waals surface area (Å²) in [6, 6.07) is 9.91. The van der Waals surface area contributed by atoms with E-state index in [9.17, 15) is 14.4 Å². The number of hydrogen-bond acceptors (Lipinski definition) is 4. The largest absolute Gasteiger partial charge is 0.481 e. The second-order valence-corrected chi connectivity index (χ2v) is 7.35. The van der Waals surface area contributed by atoms with Gasteiger partial charge in [-0.15, -0.1) is 0 Å². The Morgan fingerprint density at radius 2 is 1.93 bits per heavy atom. The van der Waals surface area contributed by atoms with E-state index < -0.39 is 11.9 Å². The van der Waals surface area contributed by atoms with Crippen LogP contribution in [0.3, 0.4) is 0 Å². The molecule has 28 heavy (non-hydrogen) atoms. The fraction of sp³-hybridized carbons (Fsp3) is 0.571. The number of carboxylic acid groups (broad SMARTS) is 1. The van der Waals surface area contributed by atoms with Crippen LogP contribution in [0.2, 0.25) is 0 Å². The minimum atomic E-state index is -0.964. The highest BCUT2D eigenvalue weighted by atomic mass is 16.4. The molecule has 1 aromatic rings. The van der Waals surface area contributed by atoms with Gasteiger partial charge in [0.05, 0.1) is 12.3 Å². The summed E-state index contributed by atoms with van der Waals surface area (Å²) in [5.74, 6) is -1.63. The van der Waals surface area contributed by atoms with Crippen LogP contribution in [0.15, 0.2) is 30.3 Å². The van der Waals surface area contributed by atoms with E-state index in [1.165, 1.54) is 5.56 Å². The Balaban J connectivity index is 1.89. The second-order valence-electron chi connectivity index (χ2n) is 7.35. The van der Waals surface area contributed by atoms with Crippen LogP contribution in [0, 0.1) is 5.92 Å². The molecule has 1 saturated heterocycles. The molecular weight excluding hydrogens is 358 g/mol. The molecule has 4 N–H and O–H groups in total. The third-order valence-corrected chi connectivity index (χ3v) is 5.15. The Labute approximate surface area is 166 Å². The SMILES string of the molecule is NCCCCC(=O)NC[C@@H]1C[C@@H](CC(=O)O)C(=O)N1CCCc1ccccc1. The molecule has 154 valence electrons. The Hall–Kier alpha value is -2.41. The zero-order valence-electron chi connectivity index (χ0n) is 16.3. The number of nitrogens with two attached hydrogens (primary N) is 1. The summed E-state index contributed by atoms with van der Waals surface area (Å²) in [7, 11) is 0. The van der Waals surface area contributed by atoms with E-state index in [-0.39, 0.29) is 24.3 Å². The van der Waals surface area contributed by atoms with Gasteiger partial charge in [0, 0.05) is 25.6 Å². The van der Waals surface area contributed by atoms with E-state index in [1.807, 2.05) is 18.2 Å². The molecule has 0 saturated carbocycles. The minimum Gasteiger partial charge on any atom is -0.481 e. The van der Waals surface area contributed by atoms with Gasteiger partial charge in [-0.1, -0.05) is 30.3 Å². The minimum absolute atomic E-state index is 0.0492. The number of carbonyl (C=O) groups is 3. The topological polar surface area (TPSA) is 113 Å². The number of nitrogens with zero attached hydrogens (tertiary/aromatic N) is 1. The maximum atomic E-state index is 12.7. The predicted octanol–water partition coefficient (Wildman–Crippen LogP) is 1.56. The number of likely N-dealkylation sites (tertiary alicyclic amines) is 1. The number of amides is 2. The molecule has 1 fully saturated rings. The first kappa shape index (κ1) is 21.9. The number of nitrogens with one attached hydrogen (secondary N) is 1. The summed E-state index contributed by atoms with van der Waals surface area (Å²) in [5.41, 5.74) is 6.65. The first-order chi connectivity index (χ1) is 13.5. The maximum absolute atomic E-state index is 12.7. The predicted molar refractivity (Wildman–Crippen MR) is 107 cm³/mol. The van der Waals surface area contributed by atoms with Gasteiger partial charge in [0.1, 0.15) is 0 Å². The van der Waals surface area contributed by atoms with E-state index in [4.69, 9.17) is 10.8 Å². The first-order valence-electron chi connectivity index (χ1n) is 10.0. The number of aliphatic carboxylic acids is 1. The van der Waals surface area contributed by atoms with Crippen molar-refractivity contribution in [2.75, 3.05) is 19.6 Å². The average molecular weight is 389 g/mol. The summed E-state index contributed by atoms with van der Waals surface area (Å²) in [5, 5.41) is 12.0. The number of carboxylic acids is 1. The first-order valence-corrected chi connectivity index (χ1v) is 10.0. The molecule has 7 heteroatoms. The van der Waals surface area contributed by atoms with Gasteiger partial charge in [-0.05, 0) is 44.2 Å². The molecule has 7 nitrogen and oxygen atoms in total. The van der Waals surface area contributed by atoms with Gasteiger partial charge in [0.25, 0.3) is 0 Å². The zero-order chi connectivity index (χ0) is 20.4. The monoisotopic (exact) mass is 389 g/mol. The standard InChI is InChI=1S/C21H31N3O4/c22-11-5-4-10-19(25)23-15-18-13-17(14-20(26)27)21(28)24(18)12-6-9-16-7-2-1-3-8-16/h1-3,7-8,17-18H,4-6,9-15,22H2,(H,23,25)(H,26,27)/t17-,18-/m0/s1. The molecule has 2 amide bonds. The molecule has 0 spiro atoms. The number of aryl methyl sites for hydroxylation is 1. The van der Waals surface area contributed by atoms with Crippen LogP contribution in [0.1, 0.15) is 44.1 Å². The van der Waals surface area contributed by atoms with Gasteiger partial charge in [-0.25, -0.2) is 0 Å². The molecule has 1 aliphatic rings. The number of benzene rings is 1. The van der Waals surface area contributed by atoms with Gasteiger partial charge in [0.2, 0.25) is 11.8 Å². The van der Waals surface area contributed by atoms with Crippen LogP contribution in [0.5, 0.6) is 0 Å². The van der Waals surface area contributed by atoms with Crippen molar-refractivity contribution in [1.29, 1.82) is 0 Å². The van der Waals surface area contributed by atoms with Gasteiger partial charge < -0.3 is 21.1 Å². The molecule has 1 aliphatic heterocycles. The number of rotatable bonds is 12. The van der Waals surface area contributed by atoms with Crippen molar-refractivity contribution in [3.63, 3.8) is 0 Å². The second kappa shape index (κ2) is 11.4. The highest BCUT2D eigenvalue weighted by Gasteiger charge is 2.39. The van der Waals surface area contributed by atoms with E-state index in [0.29, 0.717) is 32.5 Å². The third kappa shape index (κ3) is 6.96. The van der Waals surface area contributed by atoms with E-state index in [1.54, 1.807) is 4.90 Å². The fourth-order valence-electron chi connectivity index (χ4n) is 3.69. The normalized spacial score (nSPS) is 19.0.